The van der Waals surface area contributed by atoms with Crippen molar-refractivity contribution < 1.29 is 13.2 Å². The third-order valence-electron chi connectivity index (χ3n) is 3.04. The molecule has 2 rings (SSSR count). The summed E-state index contributed by atoms with van der Waals surface area (Å²) in [6.07, 6.45) is 0. The molecule has 0 aliphatic carbocycles. The fourth-order valence-electron chi connectivity index (χ4n) is 2.24. The summed E-state index contributed by atoms with van der Waals surface area (Å²) in [4.78, 5) is 0.00791. The van der Waals surface area contributed by atoms with Gasteiger partial charge in [0.1, 0.15) is 17.3 Å². The molecule has 0 amide bonds. The fraction of sp³-hybridized carbons (Fsp3) is 0.250. The van der Waals surface area contributed by atoms with E-state index in [1.165, 1.54) is 6.07 Å². The van der Waals surface area contributed by atoms with E-state index in [1.807, 2.05) is 26.0 Å². The van der Waals surface area contributed by atoms with Gasteiger partial charge in [-0.1, -0.05) is 35.4 Å². The number of ether oxygens (including phenoxy) is 1. The largest absolute Gasteiger partial charge is 0.487 e. The number of halogens is 1. The zero-order valence-electron chi connectivity index (χ0n) is 12.2. The van der Waals surface area contributed by atoms with Crippen LogP contribution in [0, 0.1) is 20.8 Å². The van der Waals surface area contributed by atoms with Crippen molar-refractivity contribution in [2.45, 2.75) is 32.3 Å². The first kappa shape index (κ1) is 15.9. The average molecular weight is 325 g/mol. The lowest BCUT2D eigenvalue weighted by atomic mass is 10.1. The molecular weight excluding hydrogens is 308 g/mol. The lowest BCUT2D eigenvalue weighted by Gasteiger charge is -2.11. The normalized spacial score (nSPS) is 11.4. The Bertz CT molecular complexity index is 747. The summed E-state index contributed by atoms with van der Waals surface area (Å²) in [5.74, 6) is 0.273. The first-order chi connectivity index (χ1) is 9.75. The molecule has 3 nitrogen and oxygen atoms in total. The molecule has 0 fully saturated rings. The number of benzene rings is 2. The second-order valence-electron chi connectivity index (χ2n) is 5.17. The van der Waals surface area contributed by atoms with Crippen LogP contribution >= 0.6 is 10.7 Å². The summed E-state index contributed by atoms with van der Waals surface area (Å²) in [6, 6.07) is 11.0. The monoisotopic (exact) mass is 324 g/mol. The van der Waals surface area contributed by atoms with Crippen LogP contribution in [0.1, 0.15) is 22.3 Å². The highest BCUT2D eigenvalue weighted by molar-refractivity contribution is 8.13. The third kappa shape index (κ3) is 4.22. The summed E-state index contributed by atoms with van der Waals surface area (Å²) >= 11 is 0. The van der Waals surface area contributed by atoms with Crippen molar-refractivity contribution in [1.29, 1.82) is 0 Å². The van der Waals surface area contributed by atoms with Gasteiger partial charge in [-0.3, -0.25) is 0 Å². The van der Waals surface area contributed by atoms with Gasteiger partial charge in [-0.25, -0.2) is 8.42 Å². The highest BCUT2D eigenvalue weighted by Gasteiger charge is 2.17. The van der Waals surface area contributed by atoms with E-state index in [0.717, 1.165) is 22.3 Å². The second-order valence-corrected chi connectivity index (χ2v) is 7.71. The summed E-state index contributed by atoms with van der Waals surface area (Å²) < 4.78 is 28.9. The van der Waals surface area contributed by atoms with Gasteiger partial charge >= 0.3 is 0 Å². The number of rotatable bonds is 4. The van der Waals surface area contributed by atoms with Crippen LogP contribution in [-0.2, 0) is 15.7 Å². The molecule has 0 N–H and O–H groups in total. The SMILES string of the molecule is Cc1cc(C)cc(COc2ccc(C)cc2S(=O)(=O)Cl)c1. The molecule has 0 saturated heterocycles. The Hall–Kier alpha value is -1.52. The van der Waals surface area contributed by atoms with Crippen molar-refractivity contribution in [3.05, 3.63) is 58.7 Å². The van der Waals surface area contributed by atoms with Crippen molar-refractivity contribution in [3.8, 4) is 5.75 Å². The third-order valence-corrected chi connectivity index (χ3v) is 4.38. The lowest BCUT2D eigenvalue weighted by Crippen LogP contribution is -2.01. The summed E-state index contributed by atoms with van der Waals surface area (Å²) in [5.41, 5.74) is 4.09. The predicted molar refractivity (Wildman–Crippen MR) is 84.5 cm³/mol. The molecule has 0 bridgehead atoms. The molecule has 0 spiro atoms. The molecule has 2 aromatic carbocycles. The van der Waals surface area contributed by atoms with Gasteiger partial charge in [-0.05, 0) is 44.0 Å². The van der Waals surface area contributed by atoms with Crippen molar-refractivity contribution in [2.75, 3.05) is 0 Å². The predicted octanol–water partition coefficient (Wildman–Crippen LogP) is 4.12. The summed E-state index contributed by atoms with van der Waals surface area (Å²) in [7, 11) is 1.63. The van der Waals surface area contributed by atoms with E-state index in [9.17, 15) is 8.42 Å². The van der Waals surface area contributed by atoms with E-state index in [2.05, 4.69) is 6.07 Å². The van der Waals surface area contributed by atoms with Gasteiger partial charge in [0.15, 0.2) is 0 Å². The Morgan fingerprint density at radius 1 is 0.952 bits per heavy atom. The summed E-state index contributed by atoms with van der Waals surface area (Å²) in [6.45, 7) is 6.12. The Morgan fingerprint density at radius 2 is 1.57 bits per heavy atom. The van der Waals surface area contributed by atoms with E-state index < -0.39 is 9.05 Å². The minimum Gasteiger partial charge on any atom is -0.487 e. The van der Waals surface area contributed by atoms with Crippen molar-refractivity contribution >= 4 is 19.7 Å². The second kappa shape index (κ2) is 6.08. The van der Waals surface area contributed by atoms with Gasteiger partial charge in [0.05, 0.1) is 0 Å². The smallest absolute Gasteiger partial charge is 0.264 e. The molecule has 0 heterocycles. The van der Waals surface area contributed by atoms with Gasteiger partial charge in [0, 0.05) is 10.7 Å². The first-order valence-corrected chi connectivity index (χ1v) is 8.82. The van der Waals surface area contributed by atoms with Crippen LogP contribution in [0.5, 0.6) is 5.75 Å². The topological polar surface area (TPSA) is 43.4 Å². The lowest BCUT2D eigenvalue weighted by molar-refractivity contribution is 0.298. The standard InChI is InChI=1S/C16H17ClO3S/c1-11-4-5-15(16(9-11)21(17,18)19)20-10-14-7-12(2)6-13(3)8-14/h4-9H,10H2,1-3H3. The minimum atomic E-state index is -3.83. The molecule has 0 atom stereocenters. The number of aryl methyl sites for hydroxylation is 3. The van der Waals surface area contributed by atoms with Crippen LogP contribution in [0.3, 0.4) is 0 Å². The van der Waals surface area contributed by atoms with Crippen molar-refractivity contribution in [3.63, 3.8) is 0 Å². The van der Waals surface area contributed by atoms with E-state index in [-0.39, 0.29) is 10.6 Å². The maximum atomic E-state index is 11.6. The van der Waals surface area contributed by atoms with E-state index >= 15 is 0 Å². The number of hydrogen-bond acceptors (Lipinski definition) is 3. The van der Waals surface area contributed by atoms with Crippen LogP contribution in [-0.4, -0.2) is 8.42 Å². The van der Waals surface area contributed by atoms with Gasteiger partial charge in [-0.15, -0.1) is 0 Å². The Balaban J connectivity index is 2.28. The highest BCUT2D eigenvalue weighted by Crippen LogP contribution is 2.28. The van der Waals surface area contributed by atoms with Crippen LogP contribution in [0.25, 0.3) is 0 Å². The average Bonchev–Trinajstić information content (AvgIpc) is 2.35. The van der Waals surface area contributed by atoms with Crippen LogP contribution < -0.4 is 4.74 Å². The first-order valence-electron chi connectivity index (χ1n) is 6.51. The molecule has 21 heavy (non-hydrogen) atoms. The molecule has 0 aliphatic rings. The van der Waals surface area contributed by atoms with Crippen molar-refractivity contribution in [2.24, 2.45) is 0 Å². The quantitative estimate of drug-likeness (QED) is 0.795. The zero-order chi connectivity index (χ0) is 15.6. The molecule has 0 radical (unpaired) electrons. The molecule has 0 aliphatic heterocycles. The van der Waals surface area contributed by atoms with Gasteiger partial charge < -0.3 is 4.74 Å². The van der Waals surface area contributed by atoms with E-state index in [4.69, 9.17) is 15.4 Å². The zero-order valence-corrected chi connectivity index (χ0v) is 13.8. The van der Waals surface area contributed by atoms with Crippen LogP contribution in [0.4, 0.5) is 0 Å². The van der Waals surface area contributed by atoms with Gasteiger partial charge in [0.2, 0.25) is 0 Å². The molecule has 0 saturated carbocycles. The maximum absolute atomic E-state index is 11.6. The summed E-state index contributed by atoms with van der Waals surface area (Å²) in [5, 5.41) is 0. The molecule has 2 aromatic rings. The Labute approximate surface area is 129 Å². The highest BCUT2D eigenvalue weighted by atomic mass is 35.7. The molecular formula is C16H17ClO3S. The van der Waals surface area contributed by atoms with E-state index in [0.29, 0.717) is 6.61 Å². The van der Waals surface area contributed by atoms with Gasteiger partial charge in [-0.2, -0.15) is 0 Å². The maximum Gasteiger partial charge on any atom is 0.264 e. The van der Waals surface area contributed by atoms with Crippen molar-refractivity contribution in [1.82, 2.24) is 0 Å². The minimum absolute atomic E-state index is 0.00791. The molecule has 0 aromatic heterocycles. The number of hydrogen-bond donors (Lipinski definition) is 0. The molecule has 0 unspecified atom stereocenters. The Kier molecular flexibility index (Phi) is 4.59. The van der Waals surface area contributed by atoms with Gasteiger partial charge in [0.25, 0.3) is 9.05 Å². The van der Waals surface area contributed by atoms with E-state index in [1.54, 1.807) is 19.1 Å². The van der Waals surface area contributed by atoms with Crippen LogP contribution in [0.2, 0.25) is 0 Å². The molecule has 112 valence electrons. The van der Waals surface area contributed by atoms with Crippen LogP contribution in [0.15, 0.2) is 41.3 Å². The fourth-order valence-corrected chi connectivity index (χ4v) is 3.29. The Morgan fingerprint density at radius 3 is 2.14 bits per heavy atom. The molecule has 5 heteroatoms.